The lowest BCUT2D eigenvalue weighted by Crippen LogP contribution is -2.52. The van der Waals surface area contributed by atoms with Crippen LogP contribution < -0.4 is 20.5 Å². The van der Waals surface area contributed by atoms with Gasteiger partial charge >= 0.3 is 6.09 Å². The zero-order chi connectivity index (χ0) is 39.6. The summed E-state index contributed by atoms with van der Waals surface area (Å²) in [5.74, 6) is 1.79. The third kappa shape index (κ3) is 15.5. The summed E-state index contributed by atoms with van der Waals surface area (Å²) in [5, 5.41) is 4.63. The molecule has 288 valence electrons. The van der Waals surface area contributed by atoms with Gasteiger partial charge < -0.3 is 25.3 Å². The molecule has 2 atom stereocenters. The van der Waals surface area contributed by atoms with E-state index >= 15 is 0 Å². The monoisotopic (exact) mass is 806 g/mol. The molecule has 0 saturated carbocycles. The predicted octanol–water partition coefficient (Wildman–Crippen LogP) is 10.8. The zero-order valence-corrected chi connectivity index (χ0v) is 34.8. The van der Waals surface area contributed by atoms with Crippen molar-refractivity contribution >= 4 is 52.5 Å². The lowest BCUT2D eigenvalue weighted by molar-refractivity contribution is 0.0408. The van der Waals surface area contributed by atoms with Crippen molar-refractivity contribution in [1.82, 2.24) is 25.3 Å². The smallest absolute Gasteiger partial charge is 0.408 e. The molecule has 0 fully saturated rings. The molecule has 10 nitrogen and oxygen atoms in total. The van der Waals surface area contributed by atoms with Crippen LogP contribution in [-0.2, 0) is 4.74 Å². The van der Waals surface area contributed by atoms with E-state index in [-0.39, 0.29) is 6.61 Å². The number of alkyl carbamates (subject to hydrolysis) is 1. The number of rotatable bonds is 13. The maximum atomic E-state index is 12.3. The van der Waals surface area contributed by atoms with Gasteiger partial charge in [-0.15, -0.1) is 0 Å². The maximum absolute atomic E-state index is 12.3. The van der Waals surface area contributed by atoms with Gasteiger partial charge in [-0.2, -0.15) is 0 Å². The molecular weight excluding hydrogens is 758 g/mol. The minimum absolute atomic E-state index is 0.215. The van der Waals surface area contributed by atoms with Crippen LogP contribution in [0.1, 0.15) is 75.2 Å². The fourth-order valence-corrected chi connectivity index (χ4v) is 6.32. The Bertz CT molecular complexity index is 1820. The summed E-state index contributed by atoms with van der Waals surface area (Å²) in [6, 6.07) is 10.5. The predicted molar refractivity (Wildman–Crippen MR) is 215 cm³/mol. The molecule has 0 aliphatic heterocycles. The van der Waals surface area contributed by atoms with Gasteiger partial charge in [-0.25, -0.2) is 14.8 Å². The van der Waals surface area contributed by atoms with Gasteiger partial charge in [-0.05, 0) is 95.7 Å². The number of carbonyl (C=O) groups is 1. The highest BCUT2D eigenvalue weighted by Gasteiger charge is 2.31. The van der Waals surface area contributed by atoms with E-state index in [9.17, 15) is 4.79 Å². The van der Waals surface area contributed by atoms with E-state index in [0.29, 0.717) is 68.1 Å². The molecule has 1 amide bonds. The number of pyridine rings is 4. The molecule has 53 heavy (non-hydrogen) atoms. The summed E-state index contributed by atoms with van der Waals surface area (Å²) in [6.07, 6.45) is 7.49. The van der Waals surface area contributed by atoms with Gasteiger partial charge in [0.1, 0.15) is 29.1 Å². The number of carbonyl (C=O) groups excluding carboxylic acids is 1. The summed E-state index contributed by atoms with van der Waals surface area (Å²) in [4.78, 5) is 29.0. The quantitative estimate of drug-likeness (QED) is 0.127. The molecule has 0 aliphatic carbocycles. The molecule has 4 heterocycles. The molecule has 0 unspecified atom stereocenters. The zero-order valence-electron chi connectivity index (χ0n) is 31.8. The number of amides is 1. The molecule has 0 aromatic carbocycles. The fourth-order valence-electron chi connectivity index (χ4n) is 5.56. The lowest BCUT2D eigenvalue weighted by atomic mass is 9.91. The minimum atomic E-state index is -0.642. The van der Waals surface area contributed by atoms with Crippen molar-refractivity contribution in [3.8, 4) is 34.0 Å². The topological polar surface area (TPSA) is 134 Å². The summed E-state index contributed by atoms with van der Waals surface area (Å²) < 4.78 is 17.1. The number of nitrogens with zero attached hydrogens (tertiary/aromatic N) is 4. The third-order valence-electron chi connectivity index (χ3n) is 7.32. The van der Waals surface area contributed by atoms with Crippen LogP contribution in [0, 0.1) is 11.8 Å². The van der Waals surface area contributed by atoms with E-state index in [1.807, 2.05) is 40.7 Å². The van der Waals surface area contributed by atoms with E-state index in [2.05, 4.69) is 52.9 Å². The maximum Gasteiger partial charge on any atom is 0.408 e. The van der Waals surface area contributed by atoms with Gasteiger partial charge in [0.05, 0.1) is 39.4 Å². The van der Waals surface area contributed by atoms with Crippen molar-refractivity contribution in [1.29, 1.82) is 0 Å². The van der Waals surface area contributed by atoms with E-state index in [0.717, 1.165) is 17.5 Å². The van der Waals surface area contributed by atoms with E-state index < -0.39 is 22.8 Å². The summed E-state index contributed by atoms with van der Waals surface area (Å²) in [5.41, 5.74) is 7.64. The minimum Gasteiger partial charge on any atom is -0.488 e. The van der Waals surface area contributed by atoms with E-state index in [1.54, 1.807) is 55.1 Å². The number of halogens is 4. The highest BCUT2D eigenvalue weighted by Crippen LogP contribution is 2.31. The number of hydrogen-bond donors (Lipinski definition) is 2. The van der Waals surface area contributed by atoms with Crippen molar-refractivity contribution in [2.24, 2.45) is 17.6 Å². The van der Waals surface area contributed by atoms with Gasteiger partial charge in [0.15, 0.2) is 11.5 Å². The molecule has 4 aromatic rings. The summed E-state index contributed by atoms with van der Waals surface area (Å²) >= 11 is 24.6. The number of nitrogens with one attached hydrogen (secondary N) is 1. The van der Waals surface area contributed by atoms with Crippen LogP contribution in [0.3, 0.4) is 0 Å². The second kappa shape index (κ2) is 19.3. The average molecular weight is 809 g/mol. The fraction of sp³-hybridized carbons (Fsp3) is 0.462. The lowest BCUT2D eigenvalue weighted by Gasteiger charge is -2.33. The van der Waals surface area contributed by atoms with Crippen LogP contribution in [0.15, 0.2) is 61.2 Å². The van der Waals surface area contributed by atoms with Crippen LogP contribution in [0.4, 0.5) is 4.79 Å². The molecule has 4 rings (SSSR count). The van der Waals surface area contributed by atoms with Crippen molar-refractivity contribution in [3.05, 3.63) is 81.5 Å². The second-order valence-electron chi connectivity index (χ2n) is 15.3. The Morgan fingerprint density at radius 2 is 1.17 bits per heavy atom. The standard InChI is InChI=1S/C22H29Cl2N3O3.C17H21Cl2N3O/c1-14(2)11-22(6,27-20(28)30-21(3,4)5)13-29-18-12-26-17(10-16(18)23)15-7-8-25-19(24)9-15;1-11(2)8-17(3,20)10-23-15-9-22-14(7-13(15)18)12-4-5-21-16(19)6-12/h7-10,12,14H,11,13H2,1-6H3,(H,27,28);4-7,9,11H,8,10,20H2,1-3H3/t22-;17-/m00/s1. The number of nitrogens with two attached hydrogens (primary N) is 1. The van der Waals surface area contributed by atoms with Crippen molar-refractivity contribution in [2.75, 3.05) is 13.2 Å². The number of ether oxygens (including phenoxy) is 3. The second-order valence-corrected chi connectivity index (χ2v) is 16.9. The molecule has 0 radical (unpaired) electrons. The molecule has 0 saturated heterocycles. The Hall–Kier alpha value is -3.41. The molecule has 4 aromatic heterocycles. The SMILES string of the molecule is CC(C)C[C@@](C)(COc1cnc(-c2ccnc(Cl)c2)cc1Cl)NC(=O)OC(C)(C)C.CC(C)C[C@](C)(N)COc1cnc(-c2ccnc(Cl)c2)cc1Cl. The van der Waals surface area contributed by atoms with Crippen LogP contribution in [0.2, 0.25) is 20.4 Å². The first-order valence-corrected chi connectivity index (χ1v) is 18.8. The van der Waals surface area contributed by atoms with Crippen LogP contribution in [0.25, 0.3) is 22.5 Å². The van der Waals surface area contributed by atoms with Gasteiger partial charge in [0.25, 0.3) is 0 Å². The van der Waals surface area contributed by atoms with Gasteiger partial charge in [0.2, 0.25) is 0 Å². The van der Waals surface area contributed by atoms with Crippen LogP contribution in [0.5, 0.6) is 11.5 Å². The average Bonchev–Trinajstić information content (AvgIpc) is 3.02. The first-order chi connectivity index (χ1) is 24.6. The molecule has 0 bridgehead atoms. The third-order valence-corrected chi connectivity index (χ3v) is 8.33. The van der Waals surface area contributed by atoms with Crippen molar-refractivity contribution < 1.29 is 19.0 Å². The van der Waals surface area contributed by atoms with Gasteiger partial charge in [0, 0.05) is 29.1 Å². The number of hydrogen-bond acceptors (Lipinski definition) is 9. The van der Waals surface area contributed by atoms with Gasteiger partial charge in [-0.3, -0.25) is 9.97 Å². The van der Waals surface area contributed by atoms with Gasteiger partial charge in [-0.1, -0.05) is 74.1 Å². The molecule has 3 N–H and O–H groups in total. The van der Waals surface area contributed by atoms with Crippen molar-refractivity contribution in [2.45, 2.75) is 91.8 Å². The molecular formula is C39H50Cl4N6O4. The van der Waals surface area contributed by atoms with E-state index in [4.69, 9.17) is 66.3 Å². The Morgan fingerprint density at radius 1 is 0.717 bits per heavy atom. The Morgan fingerprint density at radius 3 is 1.57 bits per heavy atom. The van der Waals surface area contributed by atoms with E-state index in [1.165, 1.54) is 0 Å². The largest absolute Gasteiger partial charge is 0.488 e. The normalized spacial score (nSPS) is 13.7. The van der Waals surface area contributed by atoms with Crippen LogP contribution in [-0.4, -0.2) is 55.9 Å². The Labute approximate surface area is 333 Å². The molecule has 14 heteroatoms. The van der Waals surface area contributed by atoms with Crippen LogP contribution >= 0.6 is 46.4 Å². The summed E-state index contributed by atoms with van der Waals surface area (Å²) in [6.45, 7) is 18.4. The highest BCUT2D eigenvalue weighted by atomic mass is 35.5. The highest BCUT2D eigenvalue weighted by molar-refractivity contribution is 6.32. The Balaban J connectivity index is 0.000000295. The Kier molecular flexibility index (Phi) is 16.0. The molecule has 0 spiro atoms. The van der Waals surface area contributed by atoms with Crippen molar-refractivity contribution in [3.63, 3.8) is 0 Å². The first kappa shape index (κ1) is 44.0. The molecule has 0 aliphatic rings. The summed E-state index contributed by atoms with van der Waals surface area (Å²) in [7, 11) is 0. The first-order valence-electron chi connectivity index (χ1n) is 17.2. The number of aromatic nitrogens is 4.